The number of nitriles is 1. The Bertz CT molecular complexity index is 618. The second kappa shape index (κ2) is 6.39. The molecule has 0 heterocycles. The van der Waals surface area contributed by atoms with Gasteiger partial charge in [0.05, 0.1) is 5.69 Å². The Balaban J connectivity index is 2.12. The molecule has 3 heteroatoms. The topological polar surface area (TPSA) is 35.8 Å². The van der Waals surface area contributed by atoms with Crippen LogP contribution < -0.4 is 5.32 Å². The molecule has 0 aliphatic rings. The molecule has 0 bridgehead atoms. The second-order valence-corrected chi connectivity index (χ2v) is 4.28. The van der Waals surface area contributed by atoms with Crippen molar-refractivity contribution in [1.29, 1.82) is 5.26 Å². The first-order chi connectivity index (χ1) is 8.90. The molecular formula is C15H10N2S. The summed E-state index contributed by atoms with van der Waals surface area (Å²) in [7, 11) is 0. The summed E-state index contributed by atoms with van der Waals surface area (Å²) in [5.41, 5.74) is 1.77. The minimum Gasteiger partial charge on any atom is -0.292 e. The predicted molar refractivity (Wildman–Crippen MR) is 74.9 cm³/mol. The molecule has 1 N–H and O–H groups in total. The summed E-state index contributed by atoms with van der Waals surface area (Å²) < 4.78 is 0. The molecule has 0 radical (unpaired) electrons. The van der Waals surface area contributed by atoms with Gasteiger partial charge in [0.2, 0.25) is 0 Å². The second-order valence-electron chi connectivity index (χ2n) is 3.43. The van der Waals surface area contributed by atoms with E-state index in [1.807, 2.05) is 60.8 Å². The summed E-state index contributed by atoms with van der Waals surface area (Å²) in [5, 5.41) is 14.3. The van der Waals surface area contributed by atoms with Gasteiger partial charge in [-0.15, -0.1) is 0 Å². The highest BCUT2D eigenvalue weighted by molar-refractivity contribution is 8.04. The standard InChI is InChI=1S/C15H10N2S/c16-12-17-14-8-4-5-9-15(14)18-11-10-13-6-2-1-3-7-13/h1-9,17H. The van der Waals surface area contributed by atoms with Crippen molar-refractivity contribution in [1.82, 2.24) is 0 Å². The minimum atomic E-state index is 0.785. The van der Waals surface area contributed by atoms with Gasteiger partial charge >= 0.3 is 0 Å². The van der Waals surface area contributed by atoms with Crippen LogP contribution in [0.5, 0.6) is 0 Å². The van der Waals surface area contributed by atoms with Crippen LogP contribution in [0.2, 0.25) is 0 Å². The van der Waals surface area contributed by atoms with E-state index in [1.54, 1.807) is 0 Å². The number of nitrogens with zero attached hydrogens (tertiary/aromatic N) is 1. The normalized spacial score (nSPS) is 8.83. The van der Waals surface area contributed by atoms with E-state index in [-0.39, 0.29) is 0 Å². The lowest BCUT2D eigenvalue weighted by atomic mass is 10.2. The highest BCUT2D eigenvalue weighted by atomic mass is 32.2. The minimum absolute atomic E-state index is 0.785. The fourth-order valence-corrected chi connectivity index (χ4v) is 2.03. The number of thioether (sulfide) groups is 1. The number of para-hydroxylation sites is 1. The maximum Gasteiger partial charge on any atom is 0.181 e. The van der Waals surface area contributed by atoms with Crippen molar-refractivity contribution < 1.29 is 0 Å². The zero-order valence-corrected chi connectivity index (χ0v) is 10.4. The van der Waals surface area contributed by atoms with E-state index >= 15 is 0 Å². The number of anilines is 1. The lowest BCUT2D eigenvalue weighted by molar-refractivity contribution is 1.40. The van der Waals surface area contributed by atoms with Crippen LogP contribution in [-0.4, -0.2) is 0 Å². The monoisotopic (exact) mass is 250 g/mol. The summed E-state index contributed by atoms with van der Waals surface area (Å²) >= 11 is 1.41. The highest BCUT2D eigenvalue weighted by Gasteiger charge is 1.98. The zero-order chi connectivity index (χ0) is 12.6. The molecule has 0 saturated carbocycles. The summed E-state index contributed by atoms with van der Waals surface area (Å²) in [5.74, 6) is 3.06. The molecule has 0 unspecified atom stereocenters. The van der Waals surface area contributed by atoms with Crippen LogP contribution in [0.4, 0.5) is 5.69 Å². The number of nitrogens with one attached hydrogen (secondary N) is 1. The van der Waals surface area contributed by atoms with Crippen LogP contribution in [0, 0.1) is 22.6 Å². The quantitative estimate of drug-likeness (QED) is 0.382. The first kappa shape index (κ1) is 12.1. The van der Waals surface area contributed by atoms with Crippen molar-refractivity contribution in [3.63, 3.8) is 0 Å². The van der Waals surface area contributed by atoms with Gasteiger partial charge in [0.15, 0.2) is 6.19 Å². The van der Waals surface area contributed by atoms with Crippen molar-refractivity contribution in [2.45, 2.75) is 4.90 Å². The van der Waals surface area contributed by atoms with Crippen LogP contribution >= 0.6 is 11.8 Å². The molecule has 0 saturated heterocycles. The van der Waals surface area contributed by atoms with E-state index in [0.29, 0.717) is 0 Å². The molecule has 0 aliphatic carbocycles. The first-order valence-electron chi connectivity index (χ1n) is 5.37. The lowest BCUT2D eigenvalue weighted by Crippen LogP contribution is -1.88. The van der Waals surface area contributed by atoms with E-state index in [4.69, 9.17) is 5.26 Å². The van der Waals surface area contributed by atoms with E-state index in [9.17, 15) is 0 Å². The van der Waals surface area contributed by atoms with Crippen LogP contribution in [0.15, 0.2) is 59.5 Å². The number of rotatable bonds is 2. The van der Waals surface area contributed by atoms with Crippen molar-refractivity contribution in [2.75, 3.05) is 5.32 Å². The molecule has 0 spiro atoms. The molecule has 0 atom stereocenters. The molecule has 2 rings (SSSR count). The van der Waals surface area contributed by atoms with Gasteiger partial charge < -0.3 is 0 Å². The van der Waals surface area contributed by atoms with Gasteiger partial charge in [-0.3, -0.25) is 5.32 Å². The van der Waals surface area contributed by atoms with Gasteiger partial charge in [-0.1, -0.05) is 36.3 Å². The Kier molecular flexibility index (Phi) is 4.30. The highest BCUT2D eigenvalue weighted by Crippen LogP contribution is 2.25. The van der Waals surface area contributed by atoms with Crippen LogP contribution in [0.1, 0.15) is 5.56 Å². The summed E-state index contributed by atoms with van der Waals surface area (Å²) in [6.07, 6.45) is 1.92. The van der Waals surface area contributed by atoms with Crippen molar-refractivity contribution in [3.05, 3.63) is 60.2 Å². The zero-order valence-electron chi connectivity index (χ0n) is 9.55. The maximum atomic E-state index is 8.64. The third-order valence-electron chi connectivity index (χ3n) is 2.21. The van der Waals surface area contributed by atoms with E-state index in [1.165, 1.54) is 11.8 Å². The smallest absolute Gasteiger partial charge is 0.181 e. The van der Waals surface area contributed by atoms with Gasteiger partial charge in [0.1, 0.15) is 0 Å². The molecule has 0 fully saturated rings. The molecule has 0 amide bonds. The molecule has 2 aromatic rings. The SMILES string of the molecule is N#CNc1ccccc1SC#Cc1ccccc1. The lowest BCUT2D eigenvalue weighted by Gasteiger charge is -2.01. The molecule has 18 heavy (non-hydrogen) atoms. The Morgan fingerprint density at radius 2 is 1.67 bits per heavy atom. The average Bonchev–Trinajstić information content (AvgIpc) is 2.42. The number of hydrogen-bond acceptors (Lipinski definition) is 3. The fourth-order valence-electron chi connectivity index (χ4n) is 1.38. The van der Waals surface area contributed by atoms with Crippen molar-refractivity contribution >= 4 is 17.4 Å². The van der Waals surface area contributed by atoms with E-state index < -0.39 is 0 Å². The Morgan fingerprint density at radius 3 is 2.44 bits per heavy atom. The predicted octanol–water partition coefficient (Wildman–Crippen LogP) is 3.68. The Morgan fingerprint density at radius 1 is 0.944 bits per heavy atom. The van der Waals surface area contributed by atoms with E-state index in [2.05, 4.69) is 16.5 Å². The first-order valence-corrected chi connectivity index (χ1v) is 6.19. The number of hydrogen-bond donors (Lipinski definition) is 1. The Hall–Kier alpha value is -2.36. The molecule has 0 aromatic heterocycles. The summed E-state index contributed by atoms with van der Waals surface area (Å²) in [6.45, 7) is 0. The molecule has 86 valence electrons. The van der Waals surface area contributed by atoms with Gasteiger partial charge in [-0.2, -0.15) is 5.26 Å². The summed E-state index contributed by atoms with van der Waals surface area (Å²) in [4.78, 5) is 0.947. The van der Waals surface area contributed by atoms with Gasteiger partial charge in [-0.05, 0) is 41.3 Å². The van der Waals surface area contributed by atoms with Gasteiger partial charge in [0, 0.05) is 10.5 Å². The van der Waals surface area contributed by atoms with Gasteiger partial charge in [0.25, 0.3) is 0 Å². The van der Waals surface area contributed by atoms with Crippen molar-refractivity contribution in [3.8, 4) is 17.4 Å². The van der Waals surface area contributed by atoms with Crippen molar-refractivity contribution in [2.24, 2.45) is 0 Å². The molecular weight excluding hydrogens is 240 g/mol. The fraction of sp³-hybridized carbons (Fsp3) is 0. The number of benzene rings is 2. The average molecular weight is 250 g/mol. The van der Waals surface area contributed by atoms with Gasteiger partial charge in [-0.25, -0.2) is 0 Å². The summed E-state index contributed by atoms with van der Waals surface area (Å²) in [6, 6.07) is 17.4. The Labute approximate surface area is 111 Å². The maximum absolute atomic E-state index is 8.64. The third kappa shape index (κ3) is 3.31. The van der Waals surface area contributed by atoms with Crippen LogP contribution in [-0.2, 0) is 0 Å². The van der Waals surface area contributed by atoms with Crippen LogP contribution in [0.25, 0.3) is 0 Å². The molecule has 2 aromatic carbocycles. The molecule has 2 nitrogen and oxygen atoms in total. The van der Waals surface area contributed by atoms with E-state index in [0.717, 1.165) is 16.1 Å². The third-order valence-corrected chi connectivity index (χ3v) is 2.99. The largest absolute Gasteiger partial charge is 0.292 e. The van der Waals surface area contributed by atoms with Crippen LogP contribution in [0.3, 0.4) is 0 Å². The molecule has 0 aliphatic heterocycles.